The monoisotopic (exact) mass is 439 g/mol. The minimum absolute atomic E-state index is 0.00227. The molecule has 0 spiro atoms. The van der Waals surface area contributed by atoms with Gasteiger partial charge in [-0.3, -0.25) is 9.69 Å². The highest BCUT2D eigenvalue weighted by atomic mass is 32.1. The summed E-state index contributed by atoms with van der Waals surface area (Å²) in [4.78, 5) is 31.3. The van der Waals surface area contributed by atoms with Crippen LogP contribution in [0.4, 0.5) is 4.79 Å². The molecule has 1 unspecified atom stereocenters. The van der Waals surface area contributed by atoms with E-state index in [0.717, 1.165) is 37.4 Å². The molecule has 0 aliphatic carbocycles. The number of piperidine rings is 2. The van der Waals surface area contributed by atoms with Crippen molar-refractivity contribution in [3.05, 3.63) is 58.3 Å². The third-order valence-corrected chi connectivity index (χ3v) is 7.76. The lowest BCUT2D eigenvalue weighted by molar-refractivity contribution is 0.0852. The van der Waals surface area contributed by atoms with E-state index in [0.29, 0.717) is 19.6 Å². The molecule has 2 aromatic rings. The standard InChI is InChI=1S/C25H33N3O2S/c1-19-9-13-27(14-10-19)22(23-8-5-17-31-23)18-26-25(30)28-15-11-21(12-16-28)24(29)20-6-3-2-4-7-20/h2-8,17,19,21-22H,9-16,18H2,1H3,(H,26,30). The van der Waals surface area contributed by atoms with Crippen molar-refractivity contribution in [2.45, 2.75) is 38.6 Å². The van der Waals surface area contributed by atoms with E-state index in [1.54, 1.807) is 11.3 Å². The number of nitrogens with zero attached hydrogens (tertiary/aromatic N) is 2. The van der Waals surface area contributed by atoms with Gasteiger partial charge in [-0.15, -0.1) is 11.3 Å². The number of likely N-dealkylation sites (tertiary alicyclic amines) is 2. The largest absolute Gasteiger partial charge is 0.336 e. The normalized spacial score (nSPS) is 19.8. The van der Waals surface area contributed by atoms with Crippen LogP contribution in [0.15, 0.2) is 47.8 Å². The zero-order valence-corrected chi connectivity index (χ0v) is 19.2. The lowest BCUT2D eigenvalue weighted by atomic mass is 9.89. The van der Waals surface area contributed by atoms with Crippen LogP contribution in [0.25, 0.3) is 0 Å². The maximum Gasteiger partial charge on any atom is 0.317 e. The van der Waals surface area contributed by atoms with Gasteiger partial charge >= 0.3 is 6.03 Å². The quantitative estimate of drug-likeness (QED) is 0.656. The number of urea groups is 1. The number of nitrogens with one attached hydrogen (secondary N) is 1. The molecule has 1 atom stereocenters. The fourth-order valence-corrected chi connectivity index (χ4v) is 5.57. The zero-order chi connectivity index (χ0) is 21.6. The molecule has 0 bridgehead atoms. The predicted molar refractivity (Wildman–Crippen MR) is 125 cm³/mol. The highest BCUT2D eigenvalue weighted by Crippen LogP contribution is 2.29. The maximum absolute atomic E-state index is 12.9. The van der Waals surface area contributed by atoms with Gasteiger partial charge in [0.25, 0.3) is 0 Å². The van der Waals surface area contributed by atoms with E-state index in [9.17, 15) is 9.59 Å². The van der Waals surface area contributed by atoms with Gasteiger partial charge in [-0.05, 0) is 56.1 Å². The van der Waals surface area contributed by atoms with Crippen molar-refractivity contribution in [2.24, 2.45) is 11.8 Å². The second kappa shape index (κ2) is 10.4. The summed E-state index contributed by atoms with van der Waals surface area (Å²) in [6.07, 6.45) is 3.91. The van der Waals surface area contributed by atoms with Crippen LogP contribution >= 0.6 is 11.3 Å². The molecule has 31 heavy (non-hydrogen) atoms. The minimum atomic E-state index is -0.00227. The second-order valence-electron chi connectivity index (χ2n) is 8.93. The van der Waals surface area contributed by atoms with Crippen LogP contribution in [0, 0.1) is 11.8 Å². The van der Waals surface area contributed by atoms with Crippen molar-refractivity contribution < 1.29 is 9.59 Å². The van der Waals surface area contributed by atoms with Crippen LogP contribution in [0.2, 0.25) is 0 Å². The van der Waals surface area contributed by atoms with Crippen LogP contribution < -0.4 is 5.32 Å². The van der Waals surface area contributed by atoms with E-state index < -0.39 is 0 Å². The van der Waals surface area contributed by atoms with Crippen LogP contribution in [0.3, 0.4) is 0 Å². The van der Waals surface area contributed by atoms with Gasteiger partial charge in [-0.1, -0.05) is 43.3 Å². The van der Waals surface area contributed by atoms with Crippen molar-refractivity contribution >= 4 is 23.2 Å². The number of hydrogen-bond donors (Lipinski definition) is 1. The van der Waals surface area contributed by atoms with Gasteiger partial charge < -0.3 is 10.2 Å². The number of carbonyl (C=O) groups excluding carboxylic acids is 2. The summed E-state index contributed by atoms with van der Waals surface area (Å²) >= 11 is 1.77. The highest BCUT2D eigenvalue weighted by molar-refractivity contribution is 7.10. The molecule has 4 rings (SSSR count). The van der Waals surface area contributed by atoms with E-state index in [1.165, 1.54) is 17.7 Å². The Balaban J connectivity index is 1.29. The number of carbonyl (C=O) groups is 2. The van der Waals surface area contributed by atoms with Crippen LogP contribution in [0.5, 0.6) is 0 Å². The van der Waals surface area contributed by atoms with Crippen molar-refractivity contribution in [1.82, 2.24) is 15.1 Å². The molecule has 0 saturated carbocycles. The molecular weight excluding hydrogens is 406 g/mol. The average Bonchev–Trinajstić information content (AvgIpc) is 3.35. The van der Waals surface area contributed by atoms with Gasteiger partial charge in [-0.2, -0.15) is 0 Å². The zero-order valence-electron chi connectivity index (χ0n) is 18.3. The van der Waals surface area contributed by atoms with Gasteiger partial charge in [0.15, 0.2) is 5.78 Å². The average molecular weight is 440 g/mol. The molecule has 1 aromatic carbocycles. The molecule has 5 nitrogen and oxygen atoms in total. The van der Waals surface area contributed by atoms with Crippen molar-refractivity contribution in [3.8, 4) is 0 Å². The SMILES string of the molecule is CC1CCN(C(CNC(=O)N2CCC(C(=O)c3ccccc3)CC2)c2cccs2)CC1. The van der Waals surface area contributed by atoms with Gasteiger partial charge in [-0.25, -0.2) is 4.79 Å². The van der Waals surface area contributed by atoms with E-state index in [1.807, 2.05) is 35.2 Å². The Morgan fingerprint density at radius 2 is 1.71 bits per heavy atom. The Labute approximate surface area is 189 Å². The van der Waals surface area contributed by atoms with Crippen LogP contribution in [0.1, 0.15) is 53.9 Å². The third kappa shape index (κ3) is 5.55. The first-order valence-corrected chi connectivity index (χ1v) is 12.4. The van der Waals surface area contributed by atoms with E-state index in [2.05, 4.69) is 34.7 Å². The molecule has 2 aliphatic heterocycles. The predicted octanol–water partition coefficient (Wildman–Crippen LogP) is 4.83. The number of hydrogen-bond acceptors (Lipinski definition) is 4. The van der Waals surface area contributed by atoms with Gasteiger partial charge in [0.1, 0.15) is 0 Å². The fourth-order valence-electron chi connectivity index (χ4n) is 4.71. The molecule has 3 heterocycles. The van der Waals surface area contributed by atoms with Gasteiger partial charge in [0.05, 0.1) is 6.04 Å². The first kappa shape index (κ1) is 22.0. The van der Waals surface area contributed by atoms with Gasteiger partial charge in [0.2, 0.25) is 0 Å². The fraction of sp³-hybridized carbons (Fsp3) is 0.520. The highest BCUT2D eigenvalue weighted by Gasteiger charge is 2.29. The Kier molecular flexibility index (Phi) is 7.41. The number of benzene rings is 1. The molecule has 2 saturated heterocycles. The molecule has 1 aromatic heterocycles. The second-order valence-corrected chi connectivity index (χ2v) is 9.91. The van der Waals surface area contributed by atoms with E-state index >= 15 is 0 Å². The lowest BCUT2D eigenvalue weighted by Crippen LogP contribution is -2.48. The molecule has 2 amide bonds. The van der Waals surface area contributed by atoms with Gasteiger partial charge in [0, 0.05) is 36.0 Å². The Morgan fingerprint density at radius 1 is 1.00 bits per heavy atom. The summed E-state index contributed by atoms with van der Waals surface area (Å²) in [6.45, 7) is 6.42. The smallest absolute Gasteiger partial charge is 0.317 e. The number of thiophene rings is 1. The molecule has 2 aliphatic rings. The first-order valence-electron chi connectivity index (χ1n) is 11.5. The van der Waals surface area contributed by atoms with Crippen molar-refractivity contribution in [2.75, 3.05) is 32.7 Å². The van der Waals surface area contributed by atoms with Crippen LogP contribution in [-0.4, -0.2) is 54.3 Å². The molecular formula is C25H33N3O2S. The molecule has 6 heteroatoms. The minimum Gasteiger partial charge on any atom is -0.336 e. The van der Waals surface area contributed by atoms with E-state index in [4.69, 9.17) is 0 Å². The maximum atomic E-state index is 12.9. The molecule has 1 N–H and O–H groups in total. The topological polar surface area (TPSA) is 52.7 Å². The Hall–Kier alpha value is -2.18. The third-order valence-electron chi connectivity index (χ3n) is 6.79. The molecule has 166 valence electrons. The van der Waals surface area contributed by atoms with Crippen molar-refractivity contribution in [1.29, 1.82) is 0 Å². The summed E-state index contributed by atoms with van der Waals surface area (Å²) in [5.74, 6) is 1.01. The number of amides is 2. The summed E-state index contributed by atoms with van der Waals surface area (Å²) in [7, 11) is 0. The Bertz CT molecular complexity index is 839. The summed E-state index contributed by atoms with van der Waals surface area (Å²) in [5.41, 5.74) is 0.778. The summed E-state index contributed by atoms with van der Waals surface area (Å²) in [5, 5.41) is 5.31. The lowest BCUT2D eigenvalue weighted by Gasteiger charge is -2.37. The number of Topliss-reactive ketones (excluding diaryl/α,β-unsaturated/α-hetero) is 1. The molecule has 0 radical (unpaired) electrons. The Morgan fingerprint density at radius 3 is 2.35 bits per heavy atom. The summed E-state index contributed by atoms with van der Waals surface area (Å²) in [6, 6.07) is 14.0. The van der Waals surface area contributed by atoms with Crippen molar-refractivity contribution in [3.63, 3.8) is 0 Å². The number of rotatable bonds is 6. The number of ketones is 1. The first-order chi connectivity index (χ1) is 15.1. The molecule has 2 fully saturated rings. The van der Waals surface area contributed by atoms with Crippen LogP contribution in [-0.2, 0) is 0 Å². The van der Waals surface area contributed by atoms with E-state index in [-0.39, 0.29) is 23.8 Å². The summed E-state index contributed by atoms with van der Waals surface area (Å²) < 4.78 is 0.